The van der Waals surface area contributed by atoms with Crippen LogP contribution in [0.25, 0.3) is 11.1 Å². The van der Waals surface area contributed by atoms with Crippen molar-refractivity contribution in [3.05, 3.63) is 35.2 Å². The van der Waals surface area contributed by atoms with Crippen LogP contribution in [0, 0.1) is 5.92 Å². The van der Waals surface area contributed by atoms with Gasteiger partial charge in [0, 0.05) is 10.9 Å². The van der Waals surface area contributed by atoms with Crippen molar-refractivity contribution in [3.8, 4) is 16.9 Å². The molecule has 1 aromatic carbocycles. The van der Waals surface area contributed by atoms with Gasteiger partial charge in [-0.25, -0.2) is 4.79 Å². The molecule has 1 fully saturated rings. The molecule has 0 atom stereocenters. The highest BCUT2D eigenvalue weighted by molar-refractivity contribution is 7.15. The number of hydrogen-bond acceptors (Lipinski definition) is 7. The predicted octanol–water partition coefficient (Wildman–Crippen LogP) is 3.88. The molecular formula is C21H23NO6S. The van der Waals surface area contributed by atoms with Gasteiger partial charge in [-0.3, -0.25) is 9.59 Å². The largest absolute Gasteiger partial charge is 0.497 e. The van der Waals surface area contributed by atoms with E-state index in [2.05, 4.69) is 5.32 Å². The lowest BCUT2D eigenvalue weighted by Gasteiger charge is -2.22. The second-order valence-electron chi connectivity index (χ2n) is 6.59. The maximum atomic E-state index is 12.6. The van der Waals surface area contributed by atoms with Gasteiger partial charge >= 0.3 is 11.9 Å². The minimum atomic E-state index is -0.527. The molecule has 154 valence electrons. The Labute approximate surface area is 173 Å². The molecule has 1 aliphatic rings. The first-order valence-corrected chi connectivity index (χ1v) is 10.3. The second-order valence-corrected chi connectivity index (χ2v) is 7.47. The standard InChI is InChI=1S/C21H23NO6S/c1-3-27-21(25)18-16(13-7-9-15(26-2)10-8-13)12-29-19(18)22-17(23)11-28-20(24)14-5-4-6-14/h7-10,12,14H,3-6,11H2,1-2H3,(H,22,23). The summed E-state index contributed by atoms with van der Waals surface area (Å²) in [6.45, 7) is 1.55. The number of carbonyl (C=O) groups is 3. The van der Waals surface area contributed by atoms with Crippen molar-refractivity contribution in [3.63, 3.8) is 0 Å². The van der Waals surface area contributed by atoms with Gasteiger partial charge in [0.25, 0.3) is 5.91 Å². The Morgan fingerprint density at radius 2 is 1.86 bits per heavy atom. The number of benzene rings is 1. The second kappa shape index (κ2) is 9.56. The number of ether oxygens (including phenoxy) is 3. The summed E-state index contributed by atoms with van der Waals surface area (Å²) >= 11 is 1.22. The smallest absolute Gasteiger partial charge is 0.341 e. The summed E-state index contributed by atoms with van der Waals surface area (Å²) in [4.78, 5) is 36.6. The number of hydrogen-bond donors (Lipinski definition) is 1. The van der Waals surface area contributed by atoms with E-state index in [1.165, 1.54) is 11.3 Å². The molecule has 0 aliphatic heterocycles. The fourth-order valence-corrected chi connectivity index (χ4v) is 3.87. The average molecular weight is 417 g/mol. The molecule has 2 aromatic rings. The number of carbonyl (C=O) groups excluding carboxylic acids is 3. The summed E-state index contributed by atoms with van der Waals surface area (Å²) in [6.07, 6.45) is 2.63. The molecule has 8 heteroatoms. The molecule has 0 saturated heterocycles. The van der Waals surface area contributed by atoms with Gasteiger partial charge in [0.05, 0.1) is 19.6 Å². The van der Waals surface area contributed by atoms with Crippen LogP contribution in [0.15, 0.2) is 29.6 Å². The predicted molar refractivity (Wildman–Crippen MR) is 109 cm³/mol. The minimum Gasteiger partial charge on any atom is -0.497 e. The number of esters is 2. The van der Waals surface area contributed by atoms with Crippen molar-refractivity contribution in [1.82, 2.24) is 0 Å². The third-order valence-electron chi connectivity index (χ3n) is 4.71. The van der Waals surface area contributed by atoms with Crippen LogP contribution in [0.3, 0.4) is 0 Å². The monoisotopic (exact) mass is 417 g/mol. The minimum absolute atomic E-state index is 0.0960. The molecule has 1 aliphatic carbocycles. The Hall–Kier alpha value is -2.87. The zero-order valence-electron chi connectivity index (χ0n) is 16.4. The molecular weight excluding hydrogens is 394 g/mol. The number of anilines is 1. The normalized spacial score (nSPS) is 13.3. The van der Waals surface area contributed by atoms with Crippen molar-refractivity contribution in [2.45, 2.75) is 26.2 Å². The quantitative estimate of drug-likeness (QED) is 0.656. The Morgan fingerprint density at radius 3 is 2.45 bits per heavy atom. The van der Waals surface area contributed by atoms with Gasteiger partial charge in [0.1, 0.15) is 16.3 Å². The van der Waals surface area contributed by atoms with Crippen LogP contribution in [0.1, 0.15) is 36.5 Å². The van der Waals surface area contributed by atoms with Crippen LogP contribution in [0.4, 0.5) is 5.00 Å². The van der Waals surface area contributed by atoms with E-state index in [4.69, 9.17) is 14.2 Å². The molecule has 0 radical (unpaired) electrons. The number of rotatable bonds is 8. The van der Waals surface area contributed by atoms with Gasteiger partial charge in [-0.1, -0.05) is 18.6 Å². The first-order valence-electron chi connectivity index (χ1n) is 9.43. The van der Waals surface area contributed by atoms with Crippen LogP contribution in [-0.2, 0) is 19.1 Å². The van der Waals surface area contributed by atoms with Crippen LogP contribution in [0.2, 0.25) is 0 Å². The maximum Gasteiger partial charge on any atom is 0.341 e. The van der Waals surface area contributed by atoms with Crippen molar-refractivity contribution >= 4 is 34.2 Å². The summed E-state index contributed by atoms with van der Waals surface area (Å²) in [6, 6.07) is 7.24. The number of nitrogens with one attached hydrogen (secondary N) is 1. The van der Waals surface area contributed by atoms with Crippen LogP contribution < -0.4 is 10.1 Å². The summed E-state index contributed by atoms with van der Waals surface area (Å²) in [5.41, 5.74) is 1.72. The first-order chi connectivity index (χ1) is 14.0. The number of methoxy groups -OCH3 is 1. The van der Waals surface area contributed by atoms with E-state index < -0.39 is 11.9 Å². The molecule has 7 nitrogen and oxygen atoms in total. The molecule has 1 aromatic heterocycles. The molecule has 0 unspecified atom stereocenters. The van der Waals surface area contributed by atoms with Gasteiger partial charge in [0.15, 0.2) is 6.61 Å². The topological polar surface area (TPSA) is 90.9 Å². The molecule has 1 N–H and O–H groups in total. The van der Waals surface area contributed by atoms with Crippen LogP contribution in [-0.4, -0.2) is 38.2 Å². The van der Waals surface area contributed by atoms with Crippen LogP contribution in [0.5, 0.6) is 5.75 Å². The van der Waals surface area contributed by atoms with Crippen molar-refractivity contribution < 1.29 is 28.6 Å². The lowest BCUT2D eigenvalue weighted by Crippen LogP contribution is -2.28. The Morgan fingerprint density at radius 1 is 1.14 bits per heavy atom. The molecule has 3 rings (SSSR count). The third-order valence-corrected chi connectivity index (χ3v) is 5.60. The maximum absolute atomic E-state index is 12.6. The summed E-state index contributed by atoms with van der Waals surface area (Å²) in [7, 11) is 1.58. The fraction of sp³-hybridized carbons (Fsp3) is 0.381. The van der Waals surface area contributed by atoms with E-state index in [0.717, 1.165) is 24.8 Å². The van der Waals surface area contributed by atoms with E-state index in [0.29, 0.717) is 16.3 Å². The lowest BCUT2D eigenvalue weighted by atomic mass is 9.86. The number of thiophene rings is 1. The van der Waals surface area contributed by atoms with Crippen molar-refractivity contribution in [2.24, 2.45) is 5.92 Å². The van der Waals surface area contributed by atoms with E-state index in [9.17, 15) is 14.4 Å². The molecule has 1 heterocycles. The molecule has 0 spiro atoms. The van der Waals surface area contributed by atoms with Gasteiger partial charge in [-0.15, -0.1) is 11.3 Å². The Kier molecular flexibility index (Phi) is 6.87. The van der Waals surface area contributed by atoms with Gasteiger partial charge in [-0.05, 0) is 37.5 Å². The highest BCUT2D eigenvalue weighted by atomic mass is 32.1. The fourth-order valence-electron chi connectivity index (χ4n) is 2.90. The summed E-state index contributed by atoms with van der Waals surface area (Å²) in [5, 5.41) is 4.81. The SMILES string of the molecule is CCOC(=O)c1c(-c2ccc(OC)cc2)csc1NC(=O)COC(=O)C1CCC1. The molecule has 1 saturated carbocycles. The number of amides is 1. The first kappa shape index (κ1) is 20.9. The Balaban J connectivity index is 1.76. The molecule has 0 bridgehead atoms. The van der Waals surface area contributed by atoms with Gasteiger partial charge < -0.3 is 19.5 Å². The molecule has 1 amide bonds. The van der Waals surface area contributed by atoms with Crippen molar-refractivity contribution in [1.29, 1.82) is 0 Å². The third kappa shape index (κ3) is 4.95. The average Bonchev–Trinajstić information content (AvgIpc) is 3.09. The van der Waals surface area contributed by atoms with E-state index >= 15 is 0 Å². The highest BCUT2D eigenvalue weighted by Crippen LogP contribution is 2.37. The lowest BCUT2D eigenvalue weighted by molar-refractivity contribution is -0.154. The Bertz CT molecular complexity index is 885. The van der Waals surface area contributed by atoms with E-state index in [1.807, 2.05) is 12.1 Å². The highest BCUT2D eigenvalue weighted by Gasteiger charge is 2.28. The van der Waals surface area contributed by atoms with Gasteiger partial charge in [-0.2, -0.15) is 0 Å². The zero-order chi connectivity index (χ0) is 20.8. The molecule has 29 heavy (non-hydrogen) atoms. The van der Waals surface area contributed by atoms with Crippen molar-refractivity contribution in [2.75, 3.05) is 25.6 Å². The summed E-state index contributed by atoms with van der Waals surface area (Å²) in [5.74, 6) is -0.764. The zero-order valence-corrected chi connectivity index (χ0v) is 17.2. The summed E-state index contributed by atoms with van der Waals surface area (Å²) < 4.78 is 15.4. The van der Waals surface area contributed by atoms with Crippen LogP contribution >= 0.6 is 11.3 Å². The van der Waals surface area contributed by atoms with Gasteiger partial charge in [0.2, 0.25) is 0 Å². The van der Waals surface area contributed by atoms with E-state index in [-0.39, 0.29) is 30.7 Å². The van der Waals surface area contributed by atoms with E-state index in [1.54, 1.807) is 31.5 Å².